The minimum absolute atomic E-state index is 0.241. The van der Waals surface area contributed by atoms with Crippen LogP contribution in [0.1, 0.15) is 412 Å². The maximum atomic E-state index is 13.4. The SMILES string of the molecule is CCCCCCC/C=C\C/C=C\C/C=C\CCCCCCCCCCCCCCCCCCCCCCCCCCC(=O)NC(COC1OC(CO)C(OC2OC(CO)C(O)C(O)C2O)C(O)C1O)C(O)/C=C/CC/C=C/CCCCCCCCCCCCCCCCCCCCCCCCCCC. The number of aliphatic hydroxyl groups is 8. The summed E-state index contributed by atoms with van der Waals surface area (Å²) in [5.41, 5.74) is 0. The van der Waals surface area contributed by atoms with E-state index in [-0.39, 0.29) is 18.9 Å². The van der Waals surface area contributed by atoms with E-state index >= 15 is 0 Å². The molecule has 12 atom stereocenters. The standard InChI is InChI=1S/C90H167NO13/c1-3-5-7-9-11-13-15-17-19-21-23-25-27-29-31-33-35-36-37-38-39-40-41-42-44-46-48-50-52-54-56-58-60-62-64-66-68-70-72-74-82(95)91-78(77-101-89-87(100)85(98)88(81(76-93)103-89)104-90-86(99)84(97)83(96)80(75-92)102-90)79(94)73-71-69-67-65-63-61-59-57-55-53-51-49-47-45-43-34-32-30-28-26-24-22-20-18-16-14-12-10-8-6-4-2/h15,17,21,23,27,29,63,65,71,73,78-81,83-90,92-94,96-100H,3-14,16,18-20,22,24-26,28,30-62,64,66-70,72,74-77H2,1-2H3,(H,91,95)/b17-15-,23-21-,29-27-,65-63+,73-71+. The van der Waals surface area contributed by atoms with E-state index in [2.05, 4.69) is 67.8 Å². The summed E-state index contributed by atoms with van der Waals surface area (Å²) >= 11 is 0. The van der Waals surface area contributed by atoms with Crippen LogP contribution in [0.2, 0.25) is 0 Å². The van der Waals surface area contributed by atoms with Gasteiger partial charge in [0.15, 0.2) is 12.6 Å². The minimum atomic E-state index is -1.79. The van der Waals surface area contributed by atoms with Gasteiger partial charge in [-0.05, 0) is 70.6 Å². The molecule has 0 bridgehead atoms. The third-order valence-corrected chi connectivity index (χ3v) is 21.7. The summed E-state index contributed by atoms with van der Waals surface area (Å²) in [6.45, 7) is 2.84. The van der Waals surface area contributed by atoms with Crippen LogP contribution in [0.4, 0.5) is 0 Å². The van der Waals surface area contributed by atoms with Crippen molar-refractivity contribution >= 4 is 5.91 Å². The molecule has 14 heteroatoms. The quantitative estimate of drug-likeness (QED) is 0.0204. The first-order valence-corrected chi connectivity index (χ1v) is 44.5. The molecule has 2 aliphatic rings. The summed E-state index contributed by atoms with van der Waals surface area (Å²) in [7, 11) is 0. The van der Waals surface area contributed by atoms with Gasteiger partial charge in [-0.2, -0.15) is 0 Å². The van der Waals surface area contributed by atoms with E-state index < -0.39 is 86.8 Å². The number of hydrogen-bond donors (Lipinski definition) is 9. The molecule has 1 amide bonds. The summed E-state index contributed by atoms with van der Waals surface area (Å²) in [6, 6.07) is -0.934. The average Bonchev–Trinajstić information content (AvgIpc) is 0.791. The van der Waals surface area contributed by atoms with E-state index in [0.717, 1.165) is 44.9 Å². The highest BCUT2D eigenvalue weighted by Crippen LogP contribution is 2.31. The molecule has 2 saturated heterocycles. The molecule has 610 valence electrons. The number of unbranched alkanes of at least 4 members (excludes halogenated alkanes) is 55. The van der Waals surface area contributed by atoms with Gasteiger partial charge in [-0.25, -0.2) is 0 Å². The average molecular weight is 1470 g/mol. The second kappa shape index (κ2) is 73.5. The number of amides is 1. The molecule has 0 radical (unpaired) electrons. The van der Waals surface area contributed by atoms with E-state index in [0.29, 0.717) is 12.8 Å². The molecule has 0 spiro atoms. The highest BCUT2D eigenvalue weighted by atomic mass is 16.7. The third kappa shape index (κ3) is 55.1. The van der Waals surface area contributed by atoms with Crippen LogP contribution in [0.25, 0.3) is 0 Å². The Labute approximate surface area is 638 Å². The summed E-state index contributed by atoms with van der Waals surface area (Å²) in [5, 5.41) is 87.8. The van der Waals surface area contributed by atoms with E-state index in [9.17, 15) is 45.6 Å². The molecule has 0 saturated carbocycles. The Bertz CT molecular complexity index is 1980. The van der Waals surface area contributed by atoms with Crippen LogP contribution in [0.15, 0.2) is 60.8 Å². The number of carbonyl (C=O) groups is 1. The van der Waals surface area contributed by atoms with Crippen LogP contribution in [0, 0.1) is 0 Å². The van der Waals surface area contributed by atoms with Crippen LogP contribution >= 0.6 is 0 Å². The van der Waals surface area contributed by atoms with Crippen molar-refractivity contribution in [2.75, 3.05) is 19.8 Å². The maximum absolute atomic E-state index is 13.4. The van der Waals surface area contributed by atoms with Gasteiger partial charge in [0.25, 0.3) is 0 Å². The predicted molar refractivity (Wildman–Crippen MR) is 434 cm³/mol. The smallest absolute Gasteiger partial charge is 0.220 e. The highest BCUT2D eigenvalue weighted by molar-refractivity contribution is 5.76. The zero-order valence-corrected chi connectivity index (χ0v) is 67.3. The lowest BCUT2D eigenvalue weighted by atomic mass is 9.97. The number of nitrogens with one attached hydrogen (secondary N) is 1. The van der Waals surface area contributed by atoms with Crippen molar-refractivity contribution in [1.82, 2.24) is 5.32 Å². The topological polar surface area (TPSA) is 228 Å². The lowest BCUT2D eigenvalue weighted by molar-refractivity contribution is -0.359. The van der Waals surface area contributed by atoms with Crippen molar-refractivity contribution in [3.05, 3.63) is 60.8 Å². The molecular weight excluding hydrogens is 1300 g/mol. The Hall–Kier alpha value is -2.31. The Kier molecular flexibility index (Phi) is 69.1. The fourth-order valence-corrected chi connectivity index (χ4v) is 14.7. The summed E-state index contributed by atoms with van der Waals surface area (Å²) < 4.78 is 22.9. The Balaban J connectivity index is 1.57. The first-order chi connectivity index (χ1) is 51.1. The number of carbonyl (C=O) groups excluding carboxylic acids is 1. The zero-order chi connectivity index (χ0) is 75.1. The molecule has 14 nitrogen and oxygen atoms in total. The molecule has 104 heavy (non-hydrogen) atoms. The van der Waals surface area contributed by atoms with Crippen molar-refractivity contribution in [3.63, 3.8) is 0 Å². The molecule has 9 N–H and O–H groups in total. The summed E-state index contributed by atoms with van der Waals surface area (Å²) in [4.78, 5) is 13.4. The first kappa shape index (κ1) is 97.8. The summed E-state index contributed by atoms with van der Waals surface area (Å²) in [6.07, 6.45) is 84.8. The normalized spacial score (nSPS) is 21.7. The van der Waals surface area contributed by atoms with Gasteiger partial charge in [0, 0.05) is 6.42 Å². The monoisotopic (exact) mass is 1470 g/mol. The molecule has 0 aromatic heterocycles. The van der Waals surface area contributed by atoms with E-state index in [4.69, 9.17) is 18.9 Å². The molecule has 2 aliphatic heterocycles. The molecule has 2 rings (SSSR count). The maximum Gasteiger partial charge on any atom is 0.220 e. The lowest BCUT2D eigenvalue weighted by Gasteiger charge is -2.46. The molecular formula is C90H167NO13. The first-order valence-electron chi connectivity index (χ1n) is 44.5. The van der Waals surface area contributed by atoms with Crippen LogP contribution < -0.4 is 5.32 Å². The van der Waals surface area contributed by atoms with Gasteiger partial charge in [0.05, 0.1) is 32.0 Å². The van der Waals surface area contributed by atoms with E-state index in [1.807, 2.05) is 6.08 Å². The molecule has 2 fully saturated rings. The number of aliphatic hydroxyl groups excluding tert-OH is 8. The number of rotatable bonds is 76. The zero-order valence-electron chi connectivity index (χ0n) is 67.3. The number of ether oxygens (including phenoxy) is 4. The van der Waals surface area contributed by atoms with E-state index in [1.54, 1.807) is 6.08 Å². The van der Waals surface area contributed by atoms with Crippen molar-refractivity contribution in [2.45, 2.75) is 485 Å². The van der Waals surface area contributed by atoms with Crippen molar-refractivity contribution in [1.29, 1.82) is 0 Å². The van der Waals surface area contributed by atoms with Crippen LogP contribution in [0.5, 0.6) is 0 Å². The Morgan fingerprint density at radius 1 is 0.346 bits per heavy atom. The minimum Gasteiger partial charge on any atom is -0.394 e. The number of allylic oxidation sites excluding steroid dienone is 9. The van der Waals surface area contributed by atoms with Gasteiger partial charge >= 0.3 is 0 Å². The Morgan fingerprint density at radius 2 is 0.644 bits per heavy atom. The van der Waals surface area contributed by atoms with Crippen molar-refractivity contribution < 1.29 is 64.6 Å². The van der Waals surface area contributed by atoms with Crippen molar-refractivity contribution in [3.8, 4) is 0 Å². The van der Waals surface area contributed by atoms with Crippen LogP contribution in [-0.4, -0.2) is 140 Å². The second-order valence-electron chi connectivity index (χ2n) is 31.4. The van der Waals surface area contributed by atoms with E-state index in [1.165, 1.54) is 334 Å². The molecule has 0 aromatic rings. The number of hydrogen-bond acceptors (Lipinski definition) is 13. The fraction of sp³-hybridized carbons (Fsp3) is 0.878. The predicted octanol–water partition coefficient (Wildman–Crippen LogP) is 21.5. The fourth-order valence-electron chi connectivity index (χ4n) is 14.7. The highest BCUT2D eigenvalue weighted by Gasteiger charge is 2.51. The summed E-state index contributed by atoms with van der Waals surface area (Å²) in [5.74, 6) is -0.241. The van der Waals surface area contributed by atoms with Crippen molar-refractivity contribution in [2.24, 2.45) is 0 Å². The largest absolute Gasteiger partial charge is 0.394 e. The van der Waals surface area contributed by atoms with Gasteiger partial charge in [-0.15, -0.1) is 0 Å². The van der Waals surface area contributed by atoms with Gasteiger partial charge in [0.2, 0.25) is 5.91 Å². The molecule has 0 aromatic carbocycles. The van der Waals surface area contributed by atoms with Gasteiger partial charge in [0.1, 0.15) is 48.8 Å². The van der Waals surface area contributed by atoms with Gasteiger partial charge in [-0.1, -0.05) is 396 Å². The third-order valence-electron chi connectivity index (χ3n) is 21.7. The molecule has 2 heterocycles. The second-order valence-corrected chi connectivity index (χ2v) is 31.4. The Morgan fingerprint density at radius 3 is 1.01 bits per heavy atom. The van der Waals surface area contributed by atoms with Gasteiger partial charge < -0.3 is 65.1 Å². The van der Waals surface area contributed by atoms with Crippen LogP contribution in [-0.2, 0) is 23.7 Å². The molecule has 12 unspecified atom stereocenters. The lowest BCUT2D eigenvalue weighted by Crippen LogP contribution is -2.65. The van der Waals surface area contributed by atoms with Crippen LogP contribution in [0.3, 0.4) is 0 Å². The molecule has 0 aliphatic carbocycles. The van der Waals surface area contributed by atoms with Gasteiger partial charge in [-0.3, -0.25) is 4.79 Å².